The lowest BCUT2D eigenvalue weighted by Gasteiger charge is -2.04. The zero-order valence-corrected chi connectivity index (χ0v) is 13.3. The van der Waals surface area contributed by atoms with Crippen molar-refractivity contribution in [3.63, 3.8) is 0 Å². The van der Waals surface area contributed by atoms with Crippen molar-refractivity contribution in [3.05, 3.63) is 65.4 Å². The molecule has 0 fully saturated rings. The summed E-state index contributed by atoms with van der Waals surface area (Å²) in [5.41, 5.74) is 1.02. The van der Waals surface area contributed by atoms with Crippen LogP contribution < -0.4 is 9.47 Å². The molecule has 0 radical (unpaired) electrons. The molecule has 124 valence electrons. The average molecular weight is 334 g/mol. The standard InChI is InChI=1S/C20H14O5/c1-24-14-5-4-12-8-11(2-3-13(12)10-14)9-17-18(22)15-6-7-16(21)19(23)20(15)25-17/h2-10,21,23H,1H3/b17-9-. The van der Waals surface area contributed by atoms with Crippen LogP contribution in [0, 0.1) is 0 Å². The number of ketones is 1. The number of rotatable bonds is 2. The van der Waals surface area contributed by atoms with Gasteiger partial charge >= 0.3 is 0 Å². The molecule has 3 aromatic rings. The van der Waals surface area contributed by atoms with Crippen LogP contribution in [0.15, 0.2) is 54.3 Å². The van der Waals surface area contributed by atoms with Crippen molar-refractivity contribution in [3.8, 4) is 23.0 Å². The van der Waals surface area contributed by atoms with Crippen LogP contribution in [0.1, 0.15) is 15.9 Å². The molecule has 1 aliphatic heterocycles. The van der Waals surface area contributed by atoms with E-state index in [0.717, 1.165) is 22.1 Å². The van der Waals surface area contributed by atoms with Gasteiger partial charge < -0.3 is 19.7 Å². The van der Waals surface area contributed by atoms with Crippen LogP contribution in [0.4, 0.5) is 0 Å². The Morgan fingerprint density at radius 1 is 1.00 bits per heavy atom. The summed E-state index contributed by atoms with van der Waals surface area (Å²) in [4.78, 5) is 12.4. The van der Waals surface area contributed by atoms with Gasteiger partial charge in [-0.25, -0.2) is 0 Å². The van der Waals surface area contributed by atoms with E-state index in [9.17, 15) is 15.0 Å². The Morgan fingerprint density at radius 3 is 2.56 bits per heavy atom. The molecule has 2 N–H and O–H groups in total. The third-order valence-corrected chi connectivity index (χ3v) is 4.16. The maximum Gasteiger partial charge on any atom is 0.232 e. The number of aromatic hydroxyl groups is 2. The summed E-state index contributed by atoms with van der Waals surface area (Å²) in [5, 5.41) is 21.4. The highest BCUT2D eigenvalue weighted by Crippen LogP contribution is 2.44. The summed E-state index contributed by atoms with van der Waals surface area (Å²) in [6.07, 6.45) is 1.61. The Balaban J connectivity index is 1.73. The smallest absolute Gasteiger partial charge is 0.232 e. The van der Waals surface area contributed by atoms with E-state index in [-0.39, 0.29) is 28.6 Å². The third kappa shape index (κ3) is 2.46. The highest BCUT2D eigenvalue weighted by molar-refractivity contribution is 6.15. The van der Waals surface area contributed by atoms with Crippen molar-refractivity contribution in [1.29, 1.82) is 0 Å². The van der Waals surface area contributed by atoms with E-state index in [1.165, 1.54) is 12.1 Å². The first-order valence-electron chi connectivity index (χ1n) is 7.64. The zero-order valence-electron chi connectivity index (χ0n) is 13.3. The maximum absolute atomic E-state index is 12.4. The van der Waals surface area contributed by atoms with E-state index in [4.69, 9.17) is 9.47 Å². The Morgan fingerprint density at radius 2 is 1.76 bits per heavy atom. The third-order valence-electron chi connectivity index (χ3n) is 4.16. The first-order chi connectivity index (χ1) is 12.1. The number of fused-ring (bicyclic) bond motifs is 2. The fourth-order valence-corrected chi connectivity index (χ4v) is 2.84. The number of hydrogen-bond acceptors (Lipinski definition) is 5. The minimum Gasteiger partial charge on any atom is -0.504 e. The first-order valence-corrected chi connectivity index (χ1v) is 7.64. The van der Waals surface area contributed by atoms with Crippen LogP contribution in [-0.4, -0.2) is 23.1 Å². The molecular weight excluding hydrogens is 320 g/mol. The Labute approximate surface area is 143 Å². The van der Waals surface area contributed by atoms with E-state index in [1.54, 1.807) is 13.2 Å². The van der Waals surface area contributed by atoms with Crippen LogP contribution in [-0.2, 0) is 0 Å². The van der Waals surface area contributed by atoms with Crippen molar-refractivity contribution >= 4 is 22.6 Å². The number of hydrogen-bond donors (Lipinski definition) is 2. The Bertz CT molecular complexity index is 1050. The minimum absolute atomic E-state index is 0.0122. The molecule has 0 saturated carbocycles. The van der Waals surface area contributed by atoms with Gasteiger partial charge in [-0.2, -0.15) is 0 Å². The van der Waals surface area contributed by atoms with Gasteiger partial charge in [0.05, 0.1) is 12.7 Å². The lowest BCUT2D eigenvalue weighted by Crippen LogP contribution is -1.97. The lowest BCUT2D eigenvalue weighted by atomic mass is 10.0. The van der Waals surface area contributed by atoms with Crippen LogP contribution in [0.25, 0.3) is 16.8 Å². The molecule has 3 aromatic carbocycles. The molecule has 25 heavy (non-hydrogen) atoms. The Hall–Kier alpha value is -3.47. The van der Waals surface area contributed by atoms with E-state index in [2.05, 4.69) is 0 Å². The number of phenolic OH excluding ortho intramolecular Hbond substituents is 2. The molecule has 5 heteroatoms. The van der Waals surface area contributed by atoms with Crippen molar-refractivity contribution < 1.29 is 24.5 Å². The van der Waals surface area contributed by atoms with Gasteiger partial charge in [0.1, 0.15) is 5.75 Å². The van der Waals surface area contributed by atoms with Crippen molar-refractivity contribution in [1.82, 2.24) is 0 Å². The van der Waals surface area contributed by atoms with Crippen LogP contribution in [0.3, 0.4) is 0 Å². The molecule has 5 nitrogen and oxygen atoms in total. The Kier molecular flexibility index (Phi) is 3.35. The molecule has 0 amide bonds. The second-order valence-corrected chi connectivity index (χ2v) is 5.72. The minimum atomic E-state index is -0.431. The molecule has 0 bridgehead atoms. The molecule has 4 rings (SSSR count). The zero-order chi connectivity index (χ0) is 17.6. The number of Topliss-reactive ketones (excluding diaryl/α,β-unsaturated/α-hetero) is 1. The molecular formula is C20H14O5. The highest BCUT2D eigenvalue weighted by Gasteiger charge is 2.31. The molecule has 1 aliphatic rings. The number of allylic oxidation sites excluding steroid dienone is 1. The molecule has 0 aromatic heterocycles. The number of phenols is 2. The van der Waals surface area contributed by atoms with Crippen LogP contribution in [0.2, 0.25) is 0 Å². The predicted octanol–water partition coefficient (Wildman–Crippen LogP) is 3.88. The number of carbonyl (C=O) groups is 1. The molecule has 0 spiro atoms. The molecule has 0 aliphatic carbocycles. The van der Waals surface area contributed by atoms with E-state index in [1.807, 2.05) is 36.4 Å². The number of ether oxygens (including phenoxy) is 2. The number of carbonyl (C=O) groups excluding carboxylic acids is 1. The van der Waals surface area contributed by atoms with Gasteiger partial charge in [-0.1, -0.05) is 18.2 Å². The van der Waals surface area contributed by atoms with Gasteiger partial charge in [0.2, 0.25) is 11.5 Å². The van der Waals surface area contributed by atoms with Gasteiger partial charge in [0, 0.05) is 0 Å². The van der Waals surface area contributed by atoms with Gasteiger partial charge in [0.15, 0.2) is 17.3 Å². The predicted molar refractivity (Wildman–Crippen MR) is 93.2 cm³/mol. The van der Waals surface area contributed by atoms with Gasteiger partial charge in [-0.05, 0) is 52.7 Å². The molecule has 0 unspecified atom stereocenters. The fourth-order valence-electron chi connectivity index (χ4n) is 2.84. The summed E-state index contributed by atoms with van der Waals surface area (Å²) in [7, 11) is 1.62. The second kappa shape index (κ2) is 5.56. The normalized spacial score (nSPS) is 14.6. The van der Waals surface area contributed by atoms with Gasteiger partial charge in [-0.15, -0.1) is 0 Å². The quantitative estimate of drug-likeness (QED) is 0.549. The summed E-state index contributed by atoms with van der Waals surface area (Å²) >= 11 is 0. The monoisotopic (exact) mass is 334 g/mol. The van der Waals surface area contributed by atoms with Gasteiger partial charge in [0.25, 0.3) is 0 Å². The van der Waals surface area contributed by atoms with Crippen molar-refractivity contribution in [2.75, 3.05) is 7.11 Å². The van der Waals surface area contributed by atoms with E-state index in [0.29, 0.717) is 0 Å². The SMILES string of the molecule is COc1ccc2cc(/C=C3\Oc4c(ccc(O)c4O)C3=O)ccc2c1. The summed E-state index contributed by atoms with van der Waals surface area (Å²) in [5.74, 6) is -0.225. The van der Waals surface area contributed by atoms with Crippen molar-refractivity contribution in [2.24, 2.45) is 0 Å². The van der Waals surface area contributed by atoms with Gasteiger partial charge in [-0.3, -0.25) is 4.79 Å². The molecule has 0 atom stereocenters. The fraction of sp³-hybridized carbons (Fsp3) is 0.0500. The molecule has 0 saturated heterocycles. The number of benzene rings is 3. The largest absolute Gasteiger partial charge is 0.504 e. The highest BCUT2D eigenvalue weighted by atomic mass is 16.5. The average Bonchev–Trinajstić information content (AvgIpc) is 2.94. The topological polar surface area (TPSA) is 76.0 Å². The summed E-state index contributed by atoms with van der Waals surface area (Å²) < 4.78 is 10.7. The second-order valence-electron chi connectivity index (χ2n) is 5.72. The lowest BCUT2D eigenvalue weighted by molar-refractivity contribution is 0.101. The summed E-state index contributed by atoms with van der Waals surface area (Å²) in [6, 6.07) is 14.2. The van der Waals surface area contributed by atoms with Crippen molar-refractivity contribution in [2.45, 2.75) is 0 Å². The molecule has 1 heterocycles. The first kappa shape index (κ1) is 15.1. The summed E-state index contributed by atoms with van der Waals surface area (Å²) in [6.45, 7) is 0. The maximum atomic E-state index is 12.4. The number of methoxy groups -OCH3 is 1. The van der Waals surface area contributed by atoms with E-state index < -0.39 is 5.75 Å². The van der Waals surface area contributed by atoms with Crippen LogP contribution in [0.5, 0.6) is 23.0 Å². The van der Waals surface area contributed by atoms with Crippen LogP contribution >= 0.6 is 0 Å². The van der Waals surface area contributed by atoms with E-state index >= 15 is 0 Å².